The van der Waals surface area contributed by atoms with Crippen LogP contribution < -0.4 is 10.1 Å². The van der Waals surface area contributed by atoms with Crippen LogP contribution in [-0.2, 0) is 6.54 Å². The minimum Gasteiger partial charge on any atom is -0.497 e. The van der Waals surface area contributed by atoms with Crippen LogP contribution >= 0.6 is 11.8 Å². The molecule has 4 heteroatoms. The summed E-state index contributed by atoms with van der Waals surface area (Å²) >= 11 is 1.89. The number of rotatable bonds is 7. The van der Waals surface area contributed by atoms with E-state index in [2.05, 4.69) is 19.2 Å². The smallest absolute Gasteiger partial charge is 0.131 e. The second-order valence-corrected chi connectivity index (χ2v) is 5.22. The molecule has 0 aliphatic rings. The van der Waals surface area contributed by atoms with Crippen molar-refractivity contribution in [2.75, 3.05) is 18.6 Å². The largest absolute Gasteiger partial charge is 0.497 e. The van der Waals surface area contributed by atoms with Crippen molar-refractivity contribution in [3.05, 3.63) is 29.6 Å². The van der Waals surface area contributed by atoms with Gasteiger partial charge in [0, 0.05) is 30.0 Å². The number of methoxy groups -OCH3 is 1. The van der Waals surface area contributed by atoms with Gasteiger partial charge in [-0.1, -0.05) is 13.0 Å². The van der Waals surface area contributed by atoms with E-state index in [1.807, 2.05) is 11.8 Å². The lowest BCUT2D eigenvalue weighted by Crippen LogP contribution is -2.28. The molecule has 1 atom stereocenters. The minimum atomic E-state index is -0.216. The van der Waals surface area contributed by atoms with Gasteiger partial charge in [0.1, 0.15) is 11.6 Å². The number of hydrogen-bond acceptors (Lipinski definition) is 3. The van der Waals surface area contributed by atoms with Gasteiger partial charge in [0.2, 0.25) is 0 Å². The van der Waals surface area contributed by atoms with Gasteiger partial charge in [0.15, 0.2) is 0 Å². The van der Waals surface area contributed by atoms with E-state index in [1.165, 1.54) is 13.2 Å². The van der Waals surface area contributed by atoms with Crippen molar-refractivity contribution in [3.8, 4) is 5.75 Å². The molecule has 0 saturated heterocycles. The van der Waals surface area contributed by atoms with Crippen LogP contribution in [0.3, 0.4) is 0 Å². The van der Waals surface area contributed by atoms with Crippen LogP contribution in [0.2, 0.25) is 0 Å². The third-order valence-corrected chi connectivity index (χ3v) is 3.62. The van der Waals surface area contributed by atoms with Gasteiger partial charge in [-0.2, -0.15) is 11.8 Å². The predicted molar refractivity (Wildman–Crippen MR) is 72.3 cm³/mol. The summed E-state index contributed by atoms with van der Waals surface area (Å²) in [5.74, 6) is 2.50. The summed E-state index contributed by atoms with van der Waals surface area (Å²) < 4.78 is 18.6. The van der Waals surface area contributed by atoms with Crippen molar-refractivity contribution >= 4 is 11.8 Å². The molecule has 1 unspecified atom stereocenters. The number of thioether (sulfide) groups is 1. The van der Waals surface area contributed by atoms with Crippen LogP contribution in [0.1, 0.15) is 19.4 Å². The van der Waals surface area contributed by atoms with Gasteiger partial charge >= 0.3 is 0 Å². The highest BCUT2D eigenvalue weighted by Gasteiger charge is 2.06. The predicted octanol–water partition coefficient (Wildman–Crippen LogP) is 3.07. The molecule has 0 aliphatic carbocycles. The van der Waals surface area contributed by atoms with Gasteiger partial charge in [-0.05, 0) is 18.7 Å². The first-order valence-corrected chi connectivity index (χ1v) is 6.96. The molecule has 0 fully saturated rings. The Kier molecular flexibility index (Phi) is 6.37. The van der Waals surface area contributed by atoms with E-state index in [9.17, 15) is 4.39 Å². The van der Waals surface area contributed by atoms with Gasteiger partial charge in [-0.25, -0.2) is 4.39 Å². The molecule has 0 saturated carbocycles. The minimum absolute atomic E-state index is 0.216. The average molecular weight is 257 g/mol. The Morgan fingerprint density at radius 3 is 2.82 bits per heavy atom. The highest BCUT2D eigenvalue weighted by atomic mass is 32.2. The van der Waals surface area contributed by atoms with Gasteiger partial charge < -0.3 is 10.1 Å². The number of hydrogen-bond donors (Lipinski definition) is 1. The van der Waals surface area contributed by atoms with Crippen molar-refractivity contribution < 1.29 is 9.13 Å². The van der Waals surface area contributed by atoms with E-state index in [-0.39, 0.29) is 5.82 Å². The van der Waals surface area contributed by atoms with Gasteiger partial charge in [-0.3, -0.25) is 0 Å². The molecule has 17 heavy (non-hydrogen) atoms. The van der Waals surface area contributed by atoms with Crippen molar-refractivity contribution in [2.24, 2.45) is 0 Å². The van der Waals surface area contributed by atoms with Crippen LogP contribution in [-0.4, -0.2) is 24.7 Å². The van der Waals surface area contributed by atoms with E-state index in [0.29, 0.717) is 23.9 Å². The van der Waals surface area contributed by atoms with E-state index < -0.39 is 0 Å². The quantitative estimate of drug-likeness (QED) is 0.811. The summed E-state index contributed by atoms with van der Waals surface area (Å²) in [6.45, 7) is 4.81. The number of nitrogens with one attached hydrogen (secondary N) is 1. The molecule has 1 rings (SSSR count). The first-order chi connectivity index (χ1) is 8.17. The first-order valence-electron chi connectivity index (χ1n) is 5.81. The molecule has 2 nitrogen and oxygen atoms in total. The monoisotopic (exact) mass is 257 g/mol. The average Bonchev–Trinajstić information content (AvgIpc) is 2.34. The zero-order valence-corrected chi connectivity index (χ0v) is 11.4. The topological polar surface area (TPSA) is 21.3 Å². The Hall–Kier alpha value is -0.740. The number of ether oxygens (including phenoxy) is 1. The van der Waals surface area contributed by atoms with Crippen LogP contribution in [0.15, 0.2) is 18.2 Å². The third-order valence-electron chi connectivity index (χ3n) is 2.47. The van der Waals surface area contributed by atoms with Crippen molar-refractivity contribution in [1.82, 2.24) is 5.32 Å². The molecule has 0 amide bonds. The summed E-state index contributed by atoms with van der Waals surface area (Å²) in [4.78, 5) is 0. The molecule has 1 aromatic carbocycles. The van der Waals surface area contributed by atoms with Crippen LogP contribution in [0.25, 0.3) is 0 Å². The zero-order chi connectivity index (χ0) is 12.7. The molecule has 0 aromatic heterocycles. The van der Waals surface area contributed by atoms with E-state index in [1.54, 1.807) is 12.1 Å². The molecule has 0 heterocycles. The van der Waals surface area contributed by atoms with E-state index >= 15 is 0 Å². The van der Waals surface area contributed by atoms with Crippen LogP contribution in [0.5, 0.6) is 5.75 Å². The normalized spacial score (nSPS) is 12.5. The summed E-state index contributed by atoms with van der Waals surface area (Å²) in [6, 6.07) is 5.36. The molecule has 1 N–H and O–H groups in total. The third kappa shape index (κ3) is 4.96. The maximum absolute atomic E-state index is 13.6. The molecule has 96 valence electrons. The lowest BCUT2D eigenvalue weighted by molar-refractivity contribution is 0.410. The second kappa shape index (κ2) is 7.56. The fourth-order valence-corrected chi connectivity index (χ4v) is 2.14. The molecule has 0 radical (unpaired) electrons. The van der Waals surface area contributed by atoms with E-state index in [4.69, 9.17) is 4.74 Å². The van der Waals surface area contributed by atoms with Crippen molar-refractivity contribution in [3.63, 3.8) is 0 Å². The van der Waals surface area contributed by atoms with Crippen LogP contribution in [0, 0.1) is 5.82 Å². The highest BCUT2D eigenvalue weighted by Crippen LogP contribution is 2.16. The fourth-order valence-electron chi connectivity index (χ4n) is 1.44. The standard InChI is InChI=1S/C13H20FNOS/c1-4-17-9-10(2)15-8-11-5-6-12(16-3)7-13(11)14/h5-7,10,15H,4,8-9H2,1-3H3. The molecule has 0 bridgehead atoms. The van der Waals surface area contributed by atoms with Gasteiger partial charge in [0.25, 0.3) is 0 Å². The Labute approximate surface area is 107 Å². The summed E-state index contributed by atoms with van der Waals surface area (Å²) in [7, 11) is 1.54. The Morgan fingerprint density at radius 2 is 2.24 bits per heavy atom. The molecule has 1 aromatic rings. The maximum atomic E-state index is 13.6. The molecular weight excluding hydrogens is 237 g/mol. The van der Waals surface area contributed by atoms with Gasteiger partial charge in [-0.15, -0.1) is 0 Å². The lowest BCUT2D eigenvalue weighted by atomic mass is 10.2. The summed E-state index contributed by atoms with van der Waals surface area (Å²) in [5, 5.41) is 3.31. The molecular formula is C13H20FNOS. The lowest BCUT2D eigenvalue weighted by Gasteiger charge is -2.13. The second-order valence-electron chi connectivity index (χ2n) is 3.90. The van der Waals surface area contributed by atoms with Crippen molar-refractivity contribution in [1.29, 1.82) is 0 Å². The Morgan fingerprint density at radius 1 is 1.47 bits per heavy atom. The Bertz CT molecular complexity index is 346. The van der Waals surface area contributed by atoms with E-state index in [0.717, 1.165) is 11.5 Å². The maximum Gasteiger partial charge on any atom is 0.131 e. The SMILES string of the molecule is CCSCC(C)NCc1ccc(OC)cc1F. The zero-order valence-electron chi connectivity index (χ0n) is 10.6. The van der Waals surface area contributed by atoms with Gasteiger partial charge in [0.05, 0.1) is 7.11 Å². The number of halogens is 1. The fraction of sp³-hybridized carbons (Fsp3) is 0.538. The first kappa shape index (κ1) is 14.3. The van der Waals surface area contributed by atoms with Crippen molar-refractivity contribution in [2.45, 2.75) is 26.4 Å². The molecule has 0 aliphatic heterocycles. The summed E-state index contributed by atoms with van der Waals surface area (Å²) in [5.41, 5.74) is 0.680. The molecule has 0 spiro atoms. The Balaban J connectivity index is 2.46. The number of benzene rings is 1. The summed E-state index contributed by atoms with van der Waals surface area (Å²) in [6.07, 6.45) is 0. The van der Waals surface area contributed by atoms with Crippen LogP contribution in [0.4, 0.5) is 4.39 Å². The highest BCUT2D eigenvalue weighted by molar-refractivity contribution is 7.99.